The Balaban J connectivity index is 2.88. The lowest BCUT2D eigenvalue weighted by molar-refractivity contribution is 0.611. The number of thioether (sulfide) groups is 1. The second kappa shape index (κ2) is 5.61. The van der Waals surface area contributed by atoms with Crippen molar-refractivity contribution in [1.29, 1.82) is 0 Å². The molecule has 0 heterocycles. The van der Waals surface area contributed by atoms with E-state index in [4.69, 9.17) is 17.4 Å². The molecule has 1 aromatic rings. The second-order valence-electron chi connectivity index (χ2n) is 3.18. The maximum Gasteiger partial charge on any atom is 0.0550 e. The number of nitrogens with two attached hydrogens (primary N) is 1. The van der Waals surface area contributed by atoms with Gasteiger partial charge in [-0.3, -0.25) is 11.3 Å². The lowest BCUT2D eigenvalue weighted by Gasteiger charge is -2.15. The average molecular weight is 231 g/mol. The highest BCUT2D eigenvalue weighted by Gasteiger charge is 2.09. The van der Waals surface area contributed by atoms with Crippen LogP contribution in [0.4, 0.5) is 0 Å². The zero-order valence-corrected chi connectivity index (χ0v) is 9.95. The van der Waals surface area contributed by atoms with Crippen LogP contribution >= 0.6 is 23.4 Å². The highest BCUT2D eigenvalue weighted by molar-refractivity contribution is 7.98. The van der Waals surface area contributed by atoms with Crippen LogP contribution in [-0.4, -0.2) is 12.0 Å². The molecule has 0 aliphatic heterocycles. The molecule has 0 spiro atoms. The van der Waals surface area contributed by atoms with Crippen LogP contribution in [0.1, 0.15) is 17.2 Å². The Morgan fingerprint density at radius 2 is 2.29 bits per heavy atom. The Morgan fingerprint density at radius 1 is 1.57 bits per heavy atom. The minimum atomic E-state index is 0.170. The topological polar surface area (TPSA) is 38.0 Å². The fourth-order valence-electron chi connectivity index (χ4n) is 1.23. The summed E-state index contributed by atoms with van der Waals surface area (Å²) in [4.78, 5) is 0. The van der Waals surface area contributed by atoms with Gasteiger partial charge in [0.25, 0.3) is 0 Å². The first-order valence-electron chi connectivity index (χ1n) is 4.40. The molecule has 0 aromatic heterocycles. The van der Waals surface area contributed by atoms with Crippen LogP contribution in [0.2, 0.25) is 5.02 Å². The van der Waals surface area contributed by atoms with Gasteiger partial charge < -0.3 is 0 Å². The van der Waals surface area contributed by atoms with Crippen molar-refractivity contribution in [3.05, 3.63) is 34.3 Å². The van der Waals surface area contributed by atoms with Crippen LogP contribution in [0, 0.1) is 6.92 Å². The van der Waals surface area contributed by atoms with E-state index < -0.39 is 0 Å². The van der Waals surface area contributed by atoms with Crippen LogP contribution in [0.3, 0.4) is 0 Å². The Bertz CT molecular complexity index is 304. The molecule has 1 aromatic carbocycles. The molecule has 4 heteroatoms. The number of hydrogen-bond acceptors (Lipinski definition) is 3. The Hall–Kier alpha value is -0.220. The molecule has 78 valence electrons. The molecular weight excluding hydrogens is 216 g/mol. The van der Waals surface area contributed by atoms with Gasteiger partial charge in [-0.05, 0) is 30.4 Å². The van der Waals surface area contributed by atoms with E-state index in [1.54, 1.807) is 11.8 Å². The van der Waals surface area contributed by atoms with Gasteiger partial charge in [-0.25, -0.2) is 0 Å². The molecule has 1 rings (SSSR count). The number of aryl methyl sites for hydroxylation is 1. The summed E-state index contributed by atoms with van der Waals surface area (Å²) in [7, 11) is 0. The number of hydrazine groups is 1. The van der Waals surface area contributed by atoms with Crippen LogP contribution in [0.5, 0.6) is 0 Å². The van der Waals surface area contributed by atoms with Crippen molar-refractivity contribution in [3.63, 3.8) is 0 Å². The summed E-state index contributed by atoms with van der Waals surface area (Å²) in [5.41, 5.74) is 5.02. The number of benzene rings is 1. The number of hydrogen-bond donors (Lipinski definition) is 2. The van der Waals surface area contributed by atoms with Gasteiger partial charge in [0.15, 0.2) is 0 Å². The number of rotatable bonds is 4. The maximum absolute atomic E-state index is 6.04. The predicted octanol–water partition coefficient (Wildman–Crippen LogP) is 2.52. The molecule has 0 amide bonds. The minimum absolute atomic E-state index is 0.170. The molecule has 0 bridgehead atoms. The monoisotopic (exact) mass is 230 g/mol. The molecule has 14 heavy (non-hydrogen) atoms. The van der Waals surface area contributed by atoms with E-state index in [-0.39, 0.29) is 6.04 Å². The summed E-state index contributed by atoms with van der Waals surface area (Å²) in [5.74, 6) is 6.41. The van der Waals surface area contributed by atoms with E-state index >= 15 is 0 Å². The van der Waals surface area contributed by atoms with Crippen molar-refractivity contribution in [2.24, 2.45) is 5.84 Å². The van der Waals surface area contributed by atoms with Crippen LogP contribution in [0.15, 0.2) is 18.2 Å². The Morgan fingerprint density at radius 3 is 2.79 bits per heavy atom. The maximum atomic E-state index is 6.04. The molecule has 1 atom stereocenters. The van der Waals surface area contributed by atoms with Gasteiger partial charge in [0.05, 0.1) is 6.04 Å². The van der Waals surface area contributed by atoms with Crippen LogP contribution in [0.25, 0.3) is 0 Å². The Kier molecular flexibility index (Phi) is 4.75. The van der Waals surface area contributed by atoms with E-state index in [2.05, 4.69) is 17.7 Å². The van der Waals surface area contributed by atoms with Gasteiger partial charge in [0.2, 0.25) is 0 Å². The summed E-state index contributed by atoms with van der Waals surface area (Å²) in [6, 6.07) is 6.21. The molecule has 1 unspecified atom stereocenters. The zero-order valence-electron chi connectivity index (χ0n) is 8.38. The lowest BCUT2D eigenvalue weighted by Crippen LogP contribution is -2.29. The van der Waals surface area contributed by atoms with Crippen molar-refractivity contribution >= 4 is 23.4 Å². The second-order valence-corrected chi connectivity index (χ2v) is 4.50. The molecule has 0 aliphatic carbocycles. The van der Waals surface area contributed by atoms with E-state index in [1.165, 1.54) is 0 Å². The summed E-state index contributed by atoms with van der Waals surface area (Å²) in [6.07, 6.45) is 2.06. The van der Waals surface area contributed by atoms with Gasteiger partial charge in [0.1, 0.15) is 0 Å². The van der Waals surface area contributed by atoms with Gasteiger partial charge in [0, 0.05) is 10.8 Å². The first-order valence-corrected chi connectivity index (χ1v) is 6.17. The zero-order chi connectivity index (χ0) is 10.6. The molecule has 0 saturated heterocycles. The molecule has 0 fully saturated rings. The largest absolute Gasteiger partial charge is 0.271 e. The summed E-state index contributed by atoms with van der Waals surface area (Å²) < 4.78 is 0. The normalized spacial score (nSPS) is 12.9. The van der Waals surface area contributed by atoms with E-state index in [0.717, 1.165) is 21.9 Å². The summed E-state index contributed by atoms with van der Waals surface area (Å²) in [5, 5.41) is 0.795. The van der Waals surface area contributed by atoms with Crippen molar-refractivity contribution in [3.8, 4) is 0 Å². The molecule has 2 nitrogen and oxygen atoms in total. The van der Waals surface area contributed by atoms with Crippen molar-refractivity contribution in [2.45, 2.75) is 13.0 Å². The number of halogens is 1. The summed E-state index contributed by atoms with van der Waals surface area (Å²) >= 11 is 7.79. The third-order valence-electron chi connectivity index (χ3n) is 2.13. The first kappa shape index (κ1) is 11.9. The van der Waals surface area contributed by atoms with Gasteiger partial charge in [-0.1, -0.05) is 23.7 Å². The minimum Gasteiger partial charge on any atom is -0.271 e. The molecule has 0 radical (unpaired) electrons. The average Bonchev–Trinajstić information content (AvgIpc) is 2.19. The van der Waals surface area contributed by atoms with E-state index in [0.29, 0.717) is 0 Å². The third kappa shape index (κ3) is 2.89. The van der Waals surface area contributed by atoms with Crippen LogP contribution in [-0.2, 0) is 0 Å². The predicted molar refractivity (Wildman–Crippen MR) is 64.6 cm³/mol. The molecular formula is C10H15ClN2S. The summed E-state index contributed by atoms with van der Waals surface area (Å²) in [6.45, 7) is 1.99. The van der Waals surface area contributed by atoms with Gasteiger partial charge >= 0.3 is 0 Å². The fourth-order valence-corrected chi connectivity index (χ4v) is 2.04. The molecule has 3 N–H and O–H groups in total. The first-order chi connectivity index (χ1) is 6.69. The smallest absolute Gasteiger partial charge is 0.0550 e. The van der Waals surface area contributed by atoms with Gasteiger partial charge in [-0.15, -0.1) is 0 Å². The van der Waals surface area contributed by atoms with E-state index in [9.17, 15) is 0 Å². The molecule has 0 saturated carbocycles. The Labute approximate surface area is 94.2 Å². The standard InChI is InChI=1S/C10H15ClN2S/c1-7-3-4-8(5-9(7)11)10(13-12)6-14-2/h3-5,10,13H,6,12H2,1-2H3. The molecule has 0 aliphatic rings. The fraction of sp³-hybridized carbons (Fsp3) is 0.400. The van der Waals surface area contributed by atoms with Gasteiger partial charge in [-0.2, -0.15) is 11.8 Å². The van der Waals surface area contributed by atoms with Crippen molar-refractivity contribution in [2.75, 3.05) is 12.0 Å². The van der Waals surface area contributed by atoms with Crippen LogP contribution < -0.4 is 11.3 Å². The number of nitrogens with one attached hydrogen (secondary N) is 1. The van der Waals surface area contributed by atoms with Crippen molar-refractivity contribution in [1.82, 2.24) is 5.43 Å². The third-order valence-corrected chi connectivity index (χ3v) is 3.21. The van der Waals surface area contributed by atoms with Crippen molar-refractivity contribution < 1.29 is 0 Å². The lowest BCUT2D eigenvalue weighted by atomic mass is 10.1. The highest BCUT2D eigenvalue weighted by atomic mass is 35.5. The highest BCUT2D eigenvalue weighted by Crippen LogP contribution is 2.22. The van der Waals surface area contributed by atoms with E-state index in [1.807, 2.05) is 19.1 Å². The SMILES string of the molecule is CSCC(NN)c1ccc(C)c(Cl)c1. The quantitative estimate of drug-likeness (QED) is 0.617.